The van der Waals surface area contributed by atoms with E-state index in [4.69, 9.17) is 18.0 Å². The topological polar surface area (TPSA) is 29.3 Å². The largest absolute Gasteiger partial charge is 0.389 e. The second-order valence-corrected chi connectivity index (χ2v) is 5.66. The third-order valence-electron chi connectivity index (χ3n) is 3.65. The summed E-state index contributed by atoms with van der Waals surface area (Å²) in [7, 11) is 0. The molecule has 0 saturated carbocycles. The SMILES string of the molecule is NC(=S)c1cc(CN2CCCCCCC2)ccc1F. The van der Waals surface area contributed by atoms with Crippen LogP contribution in [0.4, 0.5) is 4.39 Å². The number of benzene rings is 1. The third-order valence-corrected chi connectivity index (χ3v) is 3.87. The van der Waals surface area contributed by atoms with E-state index < -0.39 is 0 Å². The summed E-state index contributed by atoms with van der Waals surface area (Å²) in [5.74, 6) is -0.330. The van der Waals surface area contributed by atoms with Gasteiger partial charge in [0.05, 0.1) is 0 Å². The maximum Gasteiger partial charge on any atom is 0.133 e. The summed E-state index contributed by atoms with van der Waals surface area (Å²) in [6.45, 7) is 3.11. The minimum Gasteiger partial charge on any atom is -0.389 e. The number of thiocarbonyl (C=S) groups is 1. The van der Waals surface area contributed by atoms with Gasteiger partial charge in [-0.3, -0.25) is 4.90 Å². The molecule has 1 aromatic carbocycles. The predicted octanol–water partition coefficient (Wildman–Crippen LogP) is 3.23. The van der Waals surface area contributed by atoms with Gasteiger partial charge in [-0.2, -0.15) is 0 Å². The second kappa shape index (κ2) is 6.96. The van der Waals surface area contributed by atoms with Crippen LogP contribution in [0.2, 0.25) is 0 Å². The summed E-state index contributed by atoms with van der Waals surface area (Å²) < 4.78 is 13.5. The van der Waals surface area contributed by atoms with Crippen LogP contribution in [0.15, 0.2) is 18.2 Å². The first-order valence-electron chi connectivity index (χ1n) is 6.97. The van der Waals surface area contributed by atoms with E-state index in [2.05, 4.69) is 4.90 Å². The van der Waals surface area contributed by atoms with Gasteiger partial charge < -0.3 is 5.73 Å². The molecule has 2 rings (SSSR count). The fourth-order valence-corrected chi connectivity index (χ4v) is 2.75. The van der Waals surface area contributed by atoms with Crippen molar-refractivity contribution in [2.45, 2.75) is 38.6 Å². The Labute approximate surface area is 119 Å². The van der Waals surface area contributed by atoms with Crippen molar-refractivity contribution >= 4 is 17.2 Å². The minimum absolute atomic E-state index is 0.131. The highest BCUT2D eigenvalue weighted by atomic mass is 32.1. The van der Waals surface area contributed by atoms with Gasteiger partial charge in [-0.25, -0.2) is 4.39 Å². The van der Waals surface area contributed by atoms with E-state index in [0.717, 1.165) is 25.2 Å². The van der Waals surface area contributed by atoms with Crippen LogP contribution in [-0.4, -0.2) is 23.0 Å². The van der Waals surface area contributed by atoms with E-state index in [0.29, 0.717) is 5.56 Å². The maximum atomic E-state index is 13.5. The molecule has 19 heavy (non-hydrogen) atoms. The Morgan fingerprint density at radius 2 is 1.79 bits per heavy atom. The van der Waals surface area contributed by atoms with Gasteiger partial charge in [0.15, 0.2) is 0 Å². The van der Waals surface area contributed by atoms with Crippen molar-refractivity contribution in [3.8, 4) is 0 Å². The number of likely N-dealkylation sites (tertiary alicyclic amines) is 1. The molecule has 104 valence electrons. The summed E-state index contributed by atoms with van der Waals surface area (Å²) in [5.41, 5.74) is 6.99. The van der Waals surface area contributed by atoms with Gasteiger partial charge in [-0.15, -0.1) is 0 Å². The molecular weight excluding hydrogens is 259 g/mol. The average Bonchev–Trinajstić information content (AvgIpc) is 2.34. The van der Waals surface area contributed by atoms with Crippen molar-refractivity contribution in [1.82, 2.24) is 4.90 Å². The van der Waals surface area contributed by atoms with Crippen LogP contribution < -0.4 is 5.73 Å². The first kappa shape index (κ1) is 14.4. The minimum atomic E-state index is -0.330. The molecule has 1 aromatic rings. The van der Waals surface area contributed by atoms with Gasteiger partial charge in [-0.05, 0) is 43.6 Å². The van der Waals surface area contributed by atoms with Crippen molar-refractivity contribution in [2.75, 3.05) is 13.1 Å². The molecule has 0 aliphatic carbocycles. The summed E-state index contributed by atoms with van der Waals surface area (Å²) in [4.78, 5) is 2.57. The maximum absolute atomic E-state index is 13.5. The van der Waals surface area contributed by atoms with Crippen LogP contribution in [0, 0.1) is 5.82 Å². The monoisotopic (exact) mass is 280 g/mol. The normalized spacial score (nSPS) is 17.7. The number of rotatable bonds is 3. The van der Waals surface area contributed by atoms with Crippen LogP contribution in [0.5, 0.6) is 0 Å². The highest BCUT2D eigenvalue weighted by molar-refractivity contribution is 7.80. The summed E-state index contributed by atoms with van der Waals surface area (Å²) >= 11 is 4.88. The lowest BCUT2D eigenvalue weighted by molar-refractivity contribution is 0.240. The number of nitrogens with two attached hydrogens (primary N) is 1. The van der Waals surface area contributed by atoms with Crippen molar-refractivity contribution < 1.29 is 4.39 Å². The Kier molecular flexibility index (Phi) is 5.28. The standard InChI is InChI=1S/C15H21FN2S/c16-14-7-6-12(10-13(14)15(17)19)11-18-8-4-2-1-3-5-9-18/h6-7,10H,1-5,8-9,11H2,(H2,17,19). The summed E-state index contributed by atoms with van der Waals surface area (Å²) in [5, 5.41) is 0. The molecule has 1 aliphatic heterocycles. The molecular formula is C15H21FN2S. The Hall–Kier alpha value is -1.00. The number of hydrogen-bond acceptors (Lipinski definition) is 2. The molecule has 1 fully saturated rings. The molecule has 4 heteroatoms. The van der Waals surface area contributed by atoms with E-state index in [1.54, 1.807) is 6.07 Å². The molecule has 0 atom stereocenters. The Morgan fingerprint density at radius 1 is 1.16 bits per heavy atom. The summed E-state index contributed by atoms with van der Waals surface area (Å²) in [6, 6.07) is 5.08. The smallest absolute Gasteiger partial charge is 0.133 e. The lowest BCUT2D eigenvalue weighted by atomic mass is 10.1. The van der Waals surface area contributed by atoms with E-state index in [-0.39, 0.29) is 10.8 Å². The van der Waals surface area contributed by atoms with E-state index in [1.165, 1.54) is 38.2 Å². The molecule has 2 nitrogen and oxygen atoms in total. The van der Waals surface area contributed by atoms with Crippen molar-refractivity contribution in [1.29, 1.82) is 0 Å². The van der Waals surface area contributed by atoms with Crippen LogP contribution in [0.3, 0.4) is 0 Å². The lowest BCUT2D eigenvalue weighted by Gasteiger charge is -2.24. The molecule has 0 radical (unpaired) electrons. The number of nitrogens with zero attached hydrogens (tertiary/aromatic N) is 1. The first-order chi connectivity index (χ1) is 9.16. The van der Waals surface area contributed by atoms with Crippen LogP contribution in [-0.2, 0) is 6.54 Å². The Morgan fingerprint density at radius 3 is 2.42 bits per heavy atom. The zero-order valence-corrected chi connectivity index (χ0v) is 12.0. The van der Waals surface area contributed by atoms with Crippen molar-refractivity contribution in [3.63, 3.8) is 0 Å². The molecule has 1 saturated heterocycles. The van der Waals surface area contributed by atoms with Gasteiger partial charge in [0.2, 0.25) is 0 Å². The third kappa shape index (κ3) is 4.25. The highest BCUT2D eigenvalue weighted by Gasteiger charge is 2.11. The lowest BCUT2D eigenvalue weighted by Crippen LogP contribution is -2.27. The van der Waals surface area contributed by atoms with Crippen LogP contribution >= 0.6 is 12.2 Å². The predicted molar refractivity (Wildman–Crippen MR) is 80.6 cm³/mol. The van der Waals surface area contributed by atoms with Gasteiger partial charge in [-0.1, -0.05) is 37.5 Å². The first-order valence-corrected chi connectivity index (χ1v) is 7.38. The van der Waals surface area contributed by atoms with E-state index >= 15 is 0 Å². The second-order valence-electron chi connectivity index (χ2n) is 5.22. The van der Waals surface area contributed by atoms with Gasteiger partial charge in [0, 0.05) is 12.1 Å². The van der Waals surface area contributed by atoms with E-state index in [9.17, 15) is 4.39 Å². The number of hydrogen-bond donors (Lipinski definition) is 1. The molecule has 0 amide bonds. The van der Waals surface area contributed by atoms with Crippen molar-refractivity contribution in [2.24, 2.45) is 5.73 Å². The molecule has 0 aromatic heterocycles. The average molecular weight is 280 g/mol. The fraction of sp³-hybridized carbons (Fsp3) is 0.533. The molecule has 1 heterocycles. The molecule has 1 aliphatic rings. The van der Waals surface area contributed by atoms with Crippen LogP contribution in [0.1, 0.15) is 43.2 Å². The van der Waals surface area contributed by atoms with E-state index in [1.807, 2.05) is 6.07 Å². The molecule has 2 N–H and O–H groups in total. The van der Waals surface area contributed by atoms with Gasteiger partial charge in [0.1, 0.15) is 10.8 Å². The van der Waals surface area contributed by atoms with Gasteiger partial charge >= 0.3 is 0 Å². The summed E-state index contributed by atoms with van der Waals surface area (Å²) in [6.07, 6.45) is 6.50. The molecule has 0 spiro atoms. The Balaban J connectivity index is 2.05. The van der Waals surface area contributed by atoms with Crippen molar-refractivity contribution in [3.05, 3.63) is 35.1 Å². The van der Waals surface area contributed by atoms with Gasteiger partial charge in [0.25, 0.3) is 0 Å². The highest BCUT2D eigenvalue weighted by Crippen LogP contribution is 2.16. The Bertz CT molecular complexity index is 440. The fourth-order valence-electron chi connectivity index (χ4n) is 2.59. The molecule has 0 bridgehead atoms. The zero-order valence-electron chi connectivity index (χ0n) is 11.2. The van der Waals surface area contributed by atoms with Crippen LogP contribution in [0.25, 0.3) is 0 Å². The number of halogens is 1. The molecule has 0 unspecified atom stereocenters. The quantitative estimate of drug-likeness (QED) is 0.862. The zero-order chi connectivity index (χ0) is 13.7.